The van der Waals surface area contributed by atoms with Gasteiger partial charge in [-0.3, -0.25) is 56.8 Å². The van der Waals surface area contributed by atoms with Crippen LogP contribution in [0.1, 0.15) is 230 Å². The first-order chi connectivity index (χ1) is 67.1. The van der Waals surface area contributed by atoms with Gasteiger partial charge in [-0.25, -0.2) is 4.57 Å². The monoisotopic (exact) mass is 2030 g/mol. The van der Waals surface area contributed by atoms with Gasteiger partial charge in [-0.2, -0.15) is 0 Å². The third kappa shape index (κ3) is 43.5. The van der Waals surface area contributed by atoms with Crippen molar-refractivity contribution in [3.63, 3.8) is 0 Å². The number of ketones is 3. The molecule has 3 aliphatic heterocycles. The number of aliphatic hydroxyl groups excluding tert-OH is 9. The number of hydrogen-bond acceptors (Lipinski definition) is 33. The Bertz CT molecular complexity index is 4140. The van der Waals surface area contributed by atoms with Crippen LogP contribution in [0.25, 0.3) is 0 Å². The molecule has 41 nitrogen and oxygen atoms in total. The molecular formula is C97H156N6O35P2. The molecule has 0 aromatic heterocycles. The average Bonchev–Trinajstić information content (AvgIpc) is 0.750. The number of amides is 6. The van der Waals surface area contributed by atoms with Crippen LogP contribution in [0, 0.1) is 0 Å². The topological polar surface area (TPSA) is 576 Å². The van der Waals surface area contributed by atoms with E-state index in [1.54, 1.807) is 14.2 Å². The Hall–Kier alpha value is -7.33. The highest BCUT2D eigenvalue weighted by Crippen LogP contribution is 2.45. The molecule has 43 heteroatoms. The Morgan fingerprint density at radius 1 is 0.350 bits per heavy atom. The van der Waals surface area contributed by atoms with Crippen molar-refractivity contribution in [2.45, 2.75) is 311 Å². The second-order valence-corrected chi connectivity index (χ2v) is 39.0. The lowest BCUT2D eigenvalue weighted by atomic mass is 9.80. The first-order valence-corrected chi connectivity index (χ1v) is 52.4. The van der Waals surface area contributed by atoms with Crippen LogP contribution in [0.15, 0.2) is 78.9 Å². The minimum atomic E-state index is -5.00. The number of methoxy groups -OCH3 is 3. The second-order valence-electron chi connectivity index (χ2n) is 35.5. The van der Waals surface area contributed by atoms with Gasteiger partial charge >= 0.3 is 15.4 Å². The lowest BCUT2D eigenvalue weighted by molar-refractivity contribution is -0.270. The van der Waals surface area contributed by atoms with Gasteiger partial charge in [0.1, 0.15) is 108 Å². The minimum absolute atomic E-state index is 0.0272. The van der Waals surface area contributed by atoms with E-state index < -0.39 is 176 Å². The summed E-state index contributed by atoms with van der Waals surface area (Å²) in [6.45, 7) is 0.0621. The standard InChI is InChI=1S/C97H156N6O35P2/c1-68(107)98-85-91(119)88(116)79(65-104)136-94(85)129-56-28-14-22-36-74(110)33-19-7-10-25-39-82(113)101(50-59-126-4)52-61-133-139(122,123)64-55-103(84(115)41-27-12-9-21-35-76(112)38-24-16-30-58-131-96-87(100-70(3)109)93(121)90(118)81(67-106)138-96)54-63-135-140(124,125)134-62-53-102(51-60-132-97(71-31-17-13-18-32-71,72-42-46-77(127-5)47-43-72)73-44-48-78(128-6)49-45-73)83(114)40-26-11-8-20-34-75(111)37-23-15-29-57-130-95-86(99-69(2)108)92(120)89(117)80(66-105)137-95/h13,17-18,31-32,42-49,79-81,85-96,104-106,116-121H,7-12,14-16,19-30,33-41,50-67H2,1-6H3,(H,98,107)(H,99,108)(H,100,109)(H,122,123)(H,124,125). The van der Waals surface area contributed by atoms with Crippen molar-refractivity contribution in [3.05, 3.63) is 95.6 Å². The number of rotatable bonds is 75. The molecule has 3 aliphatic rings. The number of aliphatic hydroxyl groups is 9. The third-order valence-electron chi connectivity index (χ3n) is 24.7. The van der Waals surface area contributed by atoms with Crippen LogP contribution in [-0.4, -0.2) is 355 Å². The van der Waals surface area contributed by atoms with Gasteiger partial charge < -0.3 is 138 Å². The van der Waals surface area contributed by atoms with Crippen molar-refractivity contribution >= 4 is 68.2 Å². The number of unbranched alkanes of at least 4 members (excludes halogenated alkanes) is 15. The maximum atomic E-state index is 14.5. The number of hydrogen-bond donors (Lipinski definition) is 14. The van der Waals surface area contributed by atoms with Gasteiger partial charge in [0.15, 0.2) is 18.9 Å². The second kappa shape index (κ2) is 66.6. The summed E-state index contributed by atoms with van der Waals surface area (Å²) in [5.41, 5.74) is 0.902. The van der Waals surface area contributed by atoms with E-state index in [9.17, 15) is 108 Å². The van der Waals surface area contributed by atoms with E-state index in [4.69, 9.17) is 60.9 Å². The molecule has 3 fully saturated rings. The van der Waals surface area contributed by atoms with Gasteiger partial charge in [0, 0.05) is 145 Å². The predicted octanol–water partition coefficient (Wildman–Crippen LogP) is 5.77. The molecule has 0 radical (unpaired) electrons. The molecule has 0 saturated carbocycles. The highest BCUT2D eigenvalue weighted by Gasteiger charge is 2.49. The highest BCUT2D eigenvalue weighted by molar-refractivity contribution is 7.52. The van der Waals surface area contributed by atoms with Crippen LogP contribution < -0.4 is 25.4 Å². The van der Waals surface area contributed by atoms with Crippen molar-refractivity contribution in [1.82, 2.24) is 30.7 Å². The fourth-order valence-electron chi connectivity index (χ4n) is 16.8. The lowest BCUT2D eigenvalue weighted by Gasteiger charge is -2.42. The maximum absolute atomic E-state index is 14.5. The Morgan fingerprint density at radius 3 is 0.943 bits per heavy atom. The number of nitrogens with zero attached hydrogens (tertiary/aromatic N) is 3. The summed E-state index contributed by atoms with van der Waals surface area (Å²) in [4.78, 5) is 143. The average molecular weight is 2030 g/mol. The number of ether oxygens (including phenoxy) is 10. The van der Waals surface area contributed by atoms with E-state index in [0.717, 1.165) is 16.7 Å². The molecule has 3 heterocycles. The van der Waals surface area contributed by atoms with Crippen LogP contribution in [0.3, 0.4) is 0 Å². The maximum Gasteiger partial charge on any atom is 0.472 e. The van der Waals surface area contributed by atoms with E-state index in [0.29, 0.717) is 178 Å². The summed E-state index contributed by atoms with van der Waals surface area (Å²) < 4.78 is 102. The number of phosphoric ester groups is 1. The molecule has 0 bridgehead atoms. The van der Waals surface area contributed by atoms with E-state index in [-0.39, 0.29) is 134 Å². The van der Waals surface area contributed by atoms with Gasteiger partial charge in [-0.15, -0.1) is 0 Å². The van der Waals surface area contributed by atoms with Crippen molar-refractivity contribution in [1.29, 1.82) is 0 Å². The van der Waals surface area contributed by atoms with E-state index in [1.807, 2.05) is 78.9 Å². The van der Waals surface area contributed by atoms with Gasteiger partial charge in [0.25, 0.3) is 0 Å². The molecule has 17 atom stereocenters. The van der Waals surface area contributed by atoms with Gasteiger partial charge in [0.05, 0.1) is 73.2 Å². The number of carbonyl (C=O) groups is 9. The van der Waals surface area contributed by atoms with Crippen molar-refractivity contribution in [3.8, 4) is 11.5 Å². The minimum Gasteiger partial charge on any atom is -0.497 e. The molecule has 3 saturated heterocycles. The molecule has 0 aliphatic carbocycles. The SMILES string of the molecule is COCCN(CCOP(=O)(O)CCN(CCOP(=O)(O)OCCN(CCOC(c1ccccc1)(c1ccc(OC)cc1)c1ccc(OC)cc1)C(=O)CCCCCCC(=O)CCCCCOC1OC(CO)C(O)C(O)C1NC(C)=O)C(=O)CCCCCCC(=O)CCCCCOC1OC(CO)C(O)C(O)C1NC(C)=O)C(=O)CCCCCCC(=O)CCCCCOC1OC(CO)C(O)C(O)C1NC(C)=O. The Balaban J connectivity index is 1.04. The van der Waals surface area contributed by atoms with Crippen molar-refractivity contribution < 1.29 is 169 Å². The lowest BCUT2D eigenvalue weighted by Crippen LogP contribution is -2.64. The van der Waals surface area contributed by atoms with E-state index in [1.165, 1.54) is 42.6 Å². The fourth-order valence-corrected chi connectivity index (χ4v) is 18.5. The summed E-state index contributed by atoms with van der Waals surface area (Å²) in [6.07, 6.45) is -2.25. The zero-order valence-corrected chi connectivity index (χ0v) is 83.8. The van der Waals surface area contributed by atoms with E-state index in [2.05, 4.69) is 16.0 Å². The number of phosphoric acid groups is 1. The summed E-state index contributed by atoms with van der Waals surface area (Å²) in [5.74, 6) is -1.16. The fraction of sp³-hybridized carbons (Fsp3) is 0.722. The molecule has 6 rings (SSSR count). The molecule has 794 valence electrons. The smallest absolute Gasteiger partial charge is 0.472 e. The van der Waals surface area contributed by atoms with Gasteiger partial charge in [-0.05, 0) is 118 Å². The van der Waals surface area contributed by atoms with Crippen LogP contribution in [0.2, 0.25) is 0 Å². The molecular weight excluding hydrogens is 1870 g/mol. The van der Waals surface area contributed by atoms with Gasteiger partial charge in [-0.1, -0.05) is 112 Å². The Kier molecular flexibility index (Phi) is 57.8. The quantitative estimate of drug-likeness (QED) is 0.0181. The summed E-state index contributed by atoms with van der Waals surface area (Å²) >= 11 is 0. The van der Waals surface area contributed by atoms with Gasteiger partial charge in [0.2, 0.25) is 35.4 Å². The summed E-state index contributed by atoms with van der Waals surface area (Å²) in [6, 6.07) is 21.1. The predicted molar refractivity (Wildman–Crippen MR) is 510 cm³/mol. The third-order valence-corrected chi connectivity index (χ3v) is 27.1. The van der Waals surface area contributed by atoms with Crippen LogP contribution >= 0.6 is 15.4 Å². The molecule has 3 aromatic rings. The number of carbonyl (C=O) groups excluding carboxylic acids is 9. The van der Waals surface area contributed by atoms with Crippen LogP contribution in [0.5, 0.6) is 11.5 Å². The summed E-state index contributed by atoms with van der Waals surface area (Å²) in [5, 5.41) is 99.1. The number of benzene rings is 3. The molecule has 3 aromatic carbocycles. The highest BCUT2D eigenvalue weighted by atomic mass is 31.2. The molecule has 0 spiro atoms. The number of Topliss-reactive ketones (excluding diaryl/α,β-unsaturated/α-hetero) is 3. The first-order valence-electron chi connectivity index (χ1n) is 49.1. The van der Waals surface area contributed by atoms with Crippen molar-refractivity contribution in [2.24, 2.45) is 0 Å². The summed E-state index contributed by atoms with van der Waals surface area (Å²) in [7, 11) is -4.95. The molecule has 17 unspecified atom stereocenters. The molecule has 14 N–H and O–H groups in total. The van der Waals surface area contributed by atoms with E-state index >= 15 is 0 Å². The Morgan fingerprint density at radius 2 is 0.636 bits per heavy atom. The first kappa shape index (κ1) is 121. The van der Waals surface area contributed by atoms with Crippen LogP contribution in [0.4, 0.5) is 0 Å². The Labute approximate surface area is 821 Å². The zero-order chi connectivity index (χ0) is 102. The molecule has 6 amide bonds. The van der Waals surface area contributed by atoms with Crippen molar-refractivity contribution in [2.75, 3.05) is 139 Å². The number of nitrogens with one attached hydrogen (secondary N) is 3. The zero-order valence-electron chi connectivity index (χ0n) is 82.1. The molecule has 140 heavy (non-hydrogen) atoms. The van der Waals surface area contributed by atoms with Crippen LogP contribution in [-0.2, 0) is 109 Å². The normalized spacial score (nSPS) is 22.3. The largest absolute Gasteiger partial charge is 0.497 e.